The first-order chi connectivity index (χ1) is 12.1. The minimum Gasteiger partial charge on any atom is -0.497 e. The molecule has 0 spiro atoms. The standard InChI is InChI=1S/C18H27N3O4.ClH/c1-3-21(18(23)12-19-11-16-8-5-9-25-16)13-17(22)20-14-6-4-7-15(10-14)24-2;/h4,6-7,10,16,19H,3,5,8-9,11-13H2,1-2H3,(H,20,22);1H. The zero-order chi connectivity index (χ0) is 18.1. The number of benzene rings is 1. The molecule has 0 aliphatic carbocycles. The summed E-state index contributed by atoms with van der Waals surface area (Å²) in [7, 11) is 1.57. The Morgan fingerprint density at radius 2 is 2.19 bits per heavy atom. The molecule has 1 saturated heterocycles. The van der Waals surface area contributed by atoms with Crippen LogP contribution in [0.3, 0.4) is 0 Å². The molecular weight excluding hydrogens is 358 g/mol. The van der Waals surface area contributed by atoms with E-state index >= 15 is 0 Å². The number of anilines is 1. The number of hydrogen-bond acceptors (Lipinski definition) is 5. The highest BCUT2D eigenvalue weighted by molar-refractivity contribution is 5.94. The zero-order valence-corrected chi connectivity index (χ0v) is 16.1. The predicted molar refractivity (Wildman–Crippen MR) is 103 cm³/mol. The summed E-state index contributed by atoms with van der Waals surface area (Å²) in [5, 5.41) is 5.90. The van der Waals surface area contributed by atoms with Crippen molar-refractivity contribution in [1.82, 2.24) is 10.2 Å². The van der Waals surface area contributed by atoms with Crippen LogP contribution in [-0.2, 0) is 14.3 Å². The molecule has 2 amide bonds. The van der Waals surface area contributed by atoms with Gasteiger partial charge < -0.3 is 25.0 Å². The van der Waals surface area contributed by atoms with Gasteiger partial charge in [-0.05, 0) is 31.9 Å². The summed E-state index contributed by atoms with van der Waals surface area (Å²) in [5.74, 6) is 0.337. The fraction of sp³-hybridized carbons (Fsp3) is 0.556. The first kappa shape index (κ1) is 22.2. The lowest BCUT2D eigenvalue weighted by Gasteiger charge is -2.21. The Morgan fingerprint density at radius 3 is 2.85 bits per heavy atom. The van der Waals surface area contributed by atoms with Gasteiger partial charge in [0, 0.05) is 31.5 Å². The van der Waals surface area contributed by atoms with Gasteiger partial charge >= 0.3 is 0 Å². The maximum atomic E-state index is 12.3. The normalized spacial score (nSPS) is 15.8. The fourth-order valence-corrected chi connectivity index (χ4v) is 2.71. The number of carbonyl (C=O) groups is 2. The number of carbonyl (C=O) groups excluding carboxylic acids is 2. The Hall–Kier alpha value is -1.83. The molecule has 146 valence electrons. The molecule has 1 unspecified atom stereocenters. The van der Waals surface area contributed by atoms with Crippen LogP contribution in [0, 0.1) is 0 Å². The summed E-state index contributed by atoms with van der Waals surface area (Å²) in [6, 6.07) is 7.12. The number of hydrogen-bond donors (Lipinski definition) is 2. The van der Waals surface area contributed by atoms with E-state index in [4.69, 9.17) is 9.47 Å². The van der Waals surface area contributed by atoms with Crippen molar-refractivity contribution >= 4 is 29.9 Å². The Kier molecular flexibility index (Phi) is 10.0. The summed E-state index contributed by atoms with van der Waals surface area (Å²) in [5.41, 5.74) is 0.643. The Balaban J connectivity index is 0.00000338. The molecular formula is C18H28ClN3O4. The SMILES string of the molecule is CCN(CC(=O)Nc1cccc(OC)c1)C(=O)CNCC1CCCO1.Cl. The molecule has 1 aromatic carbocycles. The van der Waals surface area contributed by atoms with Gasteiger partial charge in [-0.15, -0.1) is 12.4 Å². The smallest absolute Gasteiger partial charge is 0.243 e. The molecule has 26 heavy (non-hydrogen) atoms. The number of amides is 2. The highest BCUT2D eigenvalue weighted by Gasteiger charge is 2.18. The van der Waals surface area contributed by atoms with Crippen LogP contribution in [0.2, 0.25) is 0 Å². The molecule has 0 bridgehead atoms. The van der Waals surface area contributed by atoms with Crippen molar-refractivity contribution in [2.75, 3.05) is 45.2 Å². The van der Waals surface area contributed by atoms with E-state index in [1.54, 1.807) is 31.4 Å². The van der Waals surface area contributed by atoms with E-state index in [1.807, 2.05) is 6.92 Å². The number of halogens is 1. The Labute approximate surface area is 160 Å². The molecule has 1 atom stereocenters. The van der Waals surface area contributed by atoms with Crippen LogP contribution >= 0.6 is 12.4 Å². The lowest BCUT2D eigenvalue weighted by molar-refractivity contribution is -0.133. The minimum atomic E-state index is -0.234. The Bertz CT molecular complexity index is 579. The average molecular weight is 386 g/mol. The van der Waals surface area contributed by atoms with Gasteiger partial charge in [0.25, 0.3) is 0 Å². The molecule has 1 aliphatic rings. The molecule has 0 saturated carbocycles. The van der Waals surface area contributed by atoms with E-state index in [9.17, 15) is 9.59 Å². The summed E-state index contributed by atoms with van der Waals surface area (Å²) < 4.78 is 10.6. The molecule has 8 heteroatoms. The summed E-state index contributed by atoms with van der Waals surface area (Å²) in [4.78, 5) is 26.0. The summed E-state index contributed by atoms with van der Waals surface area (Å²) in [6.07, 6.45) is 2.30. The molecule has 1 aromatic rings. The van der Waals surface area contributed by atoms with Crippen LogP contribution in [0.4, 0.5) is 5.69 Å². The first-order valence-corrected chi connectivity index (χ1v) is 8.66. The zero-order valence-electron chi connectivity index (χ0n) is 15.3. The molecule has 0 aromatic heterocycles. The molecule has 7 nitrogen and oxygen atoms in total. The molecule has 0 radical (unpaired) electrons. The van der Waals surface area contributed by atoms with Crippen LogP contribution in [-0.4, -0.2) is 62.7 Å². The van der Waals surface area contributed by atoms with Crippen molar-refractivity contribution in [1.29, 1.82) is 0 Å². The first-order valence-electron chi connectivity index (χ1n) is 8.66. The summed E-state index contributed by atoms with van der Waals surface area (Å²) >= 11 is 0. The van der Waals surface area contributed by atoms with Crippen molar-refractivity contribution in [3.63, 3.8) is 0 Å². The van der Waals surface area contributed by atoms with Gasteiger partial charge in [-0.2, -0.15) is 0 Å². The molecule has 1 heterocycles. The fourth-order valence-electron chi connectivity index (χ4n) is 2.71. The molecule has 1 aliphatic heterocycles. The van der Waals surface area contributed by atoms with Crippen LogP contribution < -0.4 is 15.4 Å². The van der Waals surface area contributed by atoms with E-state index in [2.05, 4.69) is 10.6 Å². The number of likely N-dealkylation sites (N-methyl/N-ethyl adjacent to an activating group) is 1. The van der Waals surface area contributed by atoms with Crippen LogP contribution in [0.15, 0.2) is 24.3 Å². The third-order valence-electron chi connectivity index (χ3n) is 4.09. The highest BCUT2D eigenvalue weighted by Crippen LogP contribution is 2.16. The number of methoxy groups -OCH3 is 1. The Morgan fingerprint density at radius 1 is 1.38 bits per heavy atom. The third kappa shape index (κ3) is 7.19. The lowest BCUT2D eigenvalue weighted by atomic mass is 10.2. The van der Waals surface area contributed by atoms with Crippen molar-refractivity contribution in [3.05, 3.63) is 24.3 Å². The lowest BCUT2D eigenvalue weighted by Crippen LogP contribution is -2.43. The quantitative estimate of drug-likeness (QED) is 0.676. The van der Waals surface area contributed by atoms with Crippen molar-refractivity contribution < 1.29 is 19.1 Å². The van der Waals surface area contributed by atoms with Gasteiger partial charge in [0.1, 0.15) is 5.75 Å². The number of nitrogens with zero attached hydrogens (tertiary/aromatic N) is 1. The second-order valence-electron chi connectivity index (χ2n) is 5.95. The van der Waals surface area contributed by atoms with Gasteiger partial charge in [-0.3, -0.25) is 9.59 Å². The van der Waals surface area contributed by atoms with Gasteiger partial charge in [0.15, 0.2) is 0 Å². The van der Waals surface area contributed by atoms with E-state index in [-0.39, 0.29) is 43.4 Å². The maximum absolute atomic E-state index is 12.3. The van der Waals surface area contributed by atoms with Crippen molar-refractivity contribution in [2.24, 2.45) is 0 Å². The van der Waals surface area contributed by atoms with E-state index in [0.29, 0.717) is 24.5 Å². The number of ether oxygens (including phenoxy) is 2. The van der Waals surface area contributed by atoms with Gasteiger partial charge in [-0.25, -0.2) is 0 Å². The van der Waals surface area contributed by atoms with Crippen LogP contribution in [0.5, 0.6) is 5.75 Å². The van der Waals surface area contributed by atoms with Gasteiger partial charge in [0.05, 0.1) is 26.3 Å². The third-order valence-corrected chi connectivity index (χ3v) is 4.09. The highest BCUT2D eigenvalue weighted by atomic mass is 35.5. The van der Waals surface area contributed by atoms with Gasteiger partial charge in [0.2, 0.25) is 11.8 Å². The van der Waals surface area contributed by atoms with Crippen molar-refractivity contribution in [2.45, 2.75) is 25.9 Å². The molecule has 2 N–H and O–H groups in total. The van der Waals surface area contributed by atoms with E-state index in [0.717, 1.165) is 19.4 Å². The molecule has 1 fully saturated rings. The number of nitrogens with one attached hydrogen (secondary N) is 2. The van der Waals surface area contributed by atoms with E-state index in [1.165, 1.54) is 4.90 Å². The van der Waals surface area contributed by atoms with Crippen molar-refractivity contribution in [3.8, 4) is 5.75 Å². The van der Waals surface area contributed by atoms with Crippen LogP contribution in [0.25, 0.3) is 0 Å². The minimum absolute atomic E-state index is 0. The van der Waals surface area contributed by atoms with Crippen LogP contribution in [0.1, 0.15) is 19.8 Å². The molecule has 2 rings (SSSR count). The largest absolute Gasteiger partial charge is 0.497 e. The average Bonchev–Trinajstić information content (AvgIpc) is 3.13. The number of rotatable bonds is 9. The predicted octanol–water partition coefficient (Wildman–Crippen LogP) is 1.67. The second kappa shape index (κ2) is 11.7. The monoisotopic (exact) mass is 385 g/mol. The second-order valence-corrected chi connectivity index (χ2v) is 5.95. The maximum Gasteiger partial charge on any atom is 0.243 e. The van der Waals surface area contributed by atoms with E-state index < -0.39 is 0 Å². The topological polar surface area (TPSA) is 79.9 Å². The summed E-state index contributed by atoms with van der Waals surface area (Å²) in [6.45, 7) is 4.03. The van der Waals surface area contributed by atoms with Gasteiger partial charge in [-0.1, -0.05) is 6.07 Å².